The topological polar surface area (TPSA) is 99.3 Å². The third kappa shape index (κ3) is 3.43. The van der Waals surface area contributed by atoms with Crippen molar-refractivity contribution < 1.29 is 18.3 Å². The summed E-state index contributed by atoms with van der Waals surface area (Å²) < 4.78 is 26.8. The van der Waals surface area contributed by atoms with E-state index in [-0.39, 0.29) is 16.5 Å². The summed E-state index contributed by atoms with van der Waals surface area (Å²) in [6, 6.07) is 8.17. The maximum atomic E-state index is 12.2. The molecule has 0 aliphatic heterocycles. The summed E-state index contributed by atoms with van der Waals surface area (Å²) in [5.41, 5.74) is 1.28. The van der Waals surface area contributed by atoms with Gasteiger partial charge in [-0.05, 0) is 29.7 Å². The molecule has 0 radical (unpaired) electrons. The van der Waals surface area contributed by atoms with Crippen molar-refractivity contribution in [1.82, 2.24) is 4.98 Å². The fourth-order valence-corrected chi connectivity index (χ4v) is 2.87. The highest BCUT2D eigenvalue weighted by molar-refractivity contribution is 7.92. The van der Waals surface area contributed by atoms with Gasteiger partial charge in [0.1, 0.15) is 10.6 Å². The van der Waals surface area contributed by atoms with E-state index in [4.69, 9.17) is 5.11 Å². The predicted molar refractivity (Wildman–Crippen MR) is 79.1 cm³/mol. The summed E-state index contributed by atoms with van der Waals surface area (Å²) >= 11 is 0. The van der Waals surface area contributed by atoms with E-state index in [2.05, 4.69) is 9.71 Å². The maximum absolute atomic E-state index is 12.2. The Morgan fingerprint density at radius 3 is 2.57 bits per heavy atom. The quantitative estimate of drug-likeness (QED) is 0.790. The van der Waals surface area contributed by atoms with Crippen molar-refractivity contribution in [3.8, 4) is 0 Å². The maximum Gasteiger partial charge on any atom is 0.352 e. The van der Waals surface area contributed by atoms with Crippen LogP contribution in [0.1, 0.15) is 35.8 Å². The minimum Gasteiger partial charge on any atom is -0.477 e. The van der Waals surface area contributed by atoms with Crippen LogP contribution >= 0.6 is 0 Å². The molecule has 112 valence electrons. The highest BCUT2D eigenvalue weighted by atomic mass is 32.2. The van der Waals surface area contributed by atoms with E-state index >= 15 is 0 Å². The molecule has 2 aromatic rings. The number of rotatable bonds is 5. The molecular weight excluding hydrogens is 292 g/mol. The molecule has 7 heteroatoms. The number of carboxylic acid groups (broad SMARTS) is 1. The summed E-state index contributed by atoms with van der Waals surface area (Å²) in [4.78, 5) is 13.1. The van der Waals surface area contributed by atoms with Gasteiger partial charge in [-0.25, -0.2) is 13.2 Å². The molecule has 6 nitrogen and oxygen atoms in total. The van der Waals surface area contributed by atoms with Crippen LogP contribution in [-0.4, -0.2) is 24.5 Å². The van der Waals surface area contributed by atoms with Gasteiger partial charge in [0, 0.05) is 11.9 Å². The number of sulfonamides is 1. The smallest absolute Gasteiger partial charge is 0.352 e. The largest absolute Gasteiger partial charge is 0.477 e. The highest BCUT2D eigenvalue weighted by Gasteiger charge is 2.18. The Hall–Kier alpha value is -2.28. The number of aromatic nitrogens is 1. The molecule has 0 amide bonds. The molecule has 0 atom stereocenters. The van der Waals surface area contributed by atoms with Gasteiger partial charge in [0.25, 0.3) is 10.0 Å². The average Bonchev–Trinajstić information content (AvgIpc) is 2.89. The molecule has 0 aliphatic rings. The van der Waals surface area contributed by atoms with Crippen LogP contribution in [0.4, 0.5) is 5.69 Å². The van der Waals surface area contributed by atoms with Crippen LogP contribution in [0.2, 0.25) is 0 Å². The molecule has 1 aromatic heterocycles. The third-order valence-electron chi connectivity index (χ3n) is 3.00. The standard InChI is InChI=1S/C14H16N2O4S/c1-9(2)10-4-3-5-11(6-10)16-21(19,20)12-7-13(14(17)18)15-8-12/h3-9,15-16H,1-2H3,(H,17,18). The van der Waals surface area contributed by atoms with Gasteiger partial charge in [-0.3, -0.25) is 4.72 Å². The van der Waals surface area contributed by atoms with Crippen LogP contribution in [-0.2, 0) is 10.0 Å². The van der Waals surface area contributed by atoms with Gasteiger partial charge >= 0.3 is 5.97 Å². The molecule has 1 heterocycles. The minimum atomic E-state index is -3.81. The zero-order chi connectivity index (χ0) is 15.6. The summed E-state index contributed by atoms with van der Waals surface area (Å²) in [6.45, 7) is 4.03. The van der Waals surface area contributed by atoms with Gasteiger partial charge in [-0.15, -0.1) is 0 Å². The fourth-order valence-electron chi connectivity index (χ4n) is 1.83. The summed E-state index contributed by atoms with van der Waals surface area (Å²) in [5, 5.41) is 8.80. The van der Waals surface area contributed by atoms with Crippen LogP contribution < -0.4 is 4.72 Å². The molecular formula is C14H16N2O4S. The lowest BCUT2D eigenvalue weighted by molar-refractivity contribution is 0.0691. The molecule has 0 fully saturated rings. The Bertz CT molecular complexity index is 763. The molecule has 1 aromatic carbocycles. The number of carboxylic acids is 1. The van der Waals surface area contributed by atoms with Crippen molar-refractivity contribution in [1.29, 1.82) is 0 Å². The first-order chi connectivity index (χ1) is 9.79. The first-order valence-electron chi connectivity index (χ1n) is 6.34. The third-order valence-corrected chi connectivity index (χ3v) is 4.36. The average molecular weight is 308 g/mol. The lowest BCUT2D eigenvalue weighted by atomic mass is 10.0. The second-order valence-corrected chi connectivity index (χ2v) is 6.62. The van der Waals surface area contributed by atoms with Crippen LogP contribution in [0.25, 0.3) is 0 Å². The number of anilines is 1. The number of carbonyl (C=O) groups is 1. The molecule has 0 aliphatic carbocycles. The number of H-pyrrole nitrogens is 1. The lowest BCUT2D eigenvalue weighted by Crippen LogP contribution is -2.12. The van der Waals surface area contributed by atoms with Gasteiger partial charge in [0.05, 0.1) is 0 Å². The normalized spacial score (nSPS) is 11.6. The molecule has 2 rings (SSSR count). The van der Waals surface area contributed by atoms with Crippen molar-refractivity contribution in [2.24, 2.45) is 0 Å². The number of nitrogens with one attached hydrogen (secondary N) is 2. The Kier molecular flexibility index (Phi) is 4.04. The summed E-state index contributed by atoms with van der Waals surface area (Å²) in [5.74, 6) is -0.932. The number of aromatic amines is 1. The summed E-state index contributed by atoms with van der Waals surface area (Å²) in [7, 11) is -3.81. The van der Waals surface area contributed by atoms with Gasteiger partial charge < -0.3 is 10.1 Å². The van der Waals surface area contributed by atoms with Crippen molar-refractivity contribution in [3.05, 3.63) is 47.8 Å². The molecule has 0 bridgehead atoms. The Morgan fingerprint density at radius 1 is 1.29 bits per heavy atom. The number of benzene rings is 1. The predicted octanol–water partition coefficient (Wildman–Crippen LogP) is 2.64. The first kappa shape index (κ1) is 15.1. The molecule has 0 saturated carbocycles. The van der Waals surface area contributed by atoms with Gasteiger partial charge in [0.15, 0.2) is 0 Å². The van der Waals surface area contributed by atoms with Crippen LogP contribution in [0.3, 0.4) is 0 Å². The number of hydrogen-bond acceptors (Lipinski definition) is 3. The second-order valence-electron chi connectivity index (χ2n) is 4.94. The molecule has 0 spiro atoms. The monoisotopic (exact) mass is 308 g/mol. The minimum absolute atomic E-state index is 0.116. The van der Waals surface area contributed by atoms with Crippen LogP contribution in [0.5, 0.6) is 0 Å². The van der Waals surface area contributed by atoms with E-state index < -0.39 is 16.0 Å². The van der Waals surface area contributed by atoms with Crippen molar-refractivity contribution in [2.75, 3.05) is 4.72 Å². The number of hydrogen-bond donors (Lipinski definition) is 3. The van der Waals surface area contributed by atoms with Crippen molar-refractivity contribution in [3.63, 3.8) is 0 Å². The van der Waals surface area contributed by atoms with Gasteiger partial charge in [-0.1, -0.05) is 26.0 Å². The van der Waals surface area contributed by atoms with Gasteiger partial charge in [0.2, 0.25) is 0 Å². The Morgan fingerprint density at radius 2 is 2.00 bits per heavy atom. The van der Waals surface area contributed by atoms with Crippen molar-refractivity contribution in [2.45, 2.75) is 24.7 Å². The Balaban J connectivity index is 2.28. The zero-order valence-corrected chi connectivity index (χ0v) is 12.4. The van der Waals surface area contributed by atoms with E-state index in [0.717, 1.165) is 17.8 Å². The highest BCUT2D eigenvalue weighted by Crippen LogP contribution is 2.21. The fraction of sp³-hybridized carbons (Fsp3) is 0.214. The number of aromatic carboxylic acids is 1. The SMILES string of the molecule is CC(C)c1cccc(NS(=O)(=O)c2c[nH]c(C(=O)O)c2)c1. The zero-order valence-electron chi connectivity index (χ0n) is 11.6. The van der Waals surface area contributed by atoms with Crippen molar-refractivity contribution >= 4 is 21.7 Å². The molecule has 21 heavy (non-hydrogen) atoms. The summed E-state index contributed by atoms with van der Waals surface area (Å²) in [6.07, 6.45) is 1.15. The lowest BCUT2D eigenvalue weighted by Gasteiger charge is -2.10. The van der Waals surface area contributed by atoms with Crippen LogP contribution in [0, 0.1) is 0 Å². The molecule has 3 N–H and O–H groups in total. The van der Waals surface area contributed by atoms with Crippen LogP contribution in [0.15, 0.2) is 41.4 Å². The van der Waals surface area contributed by atoms with Gasteiger partial charge in [-0.2, -0.15) is 0 Å². The van der Waals surface area contributed by atoms with E-state index in [1.807, 2.05) is 19.9 Å². The first-order valence-corrected chi connectivity index (χ1v) is 7.82. The van der Waals surface area contributed by atoms with E-state index in [1.54, 1.807) is 18.2 Å². The Labute approximate surface area is 122 Å². The second kappa shape index (κ2) is 5.61. The van der Waals surface area contributed by atoms with E-state index in [0.29, 0.717) is 5.69 Å². The molecule has 0 unspecified atom stereocenters. The van der Waals surface area contributed by atoms with E-state index in [9.17, 15) is 13.2 Å². The van der Waals surface area contributed by atoms with E-state index in [1.165, 1.54) is 0 Å². The molecule has 0 saturated heterocycles.